The molecule has 0 bridgehead atoms. The summed E-state index contributed by atoms with van der Waals surface area (Å²) in [7, 11) is 0. The molecule has 7 nitrogen and oxygen atoms in total. The number of amides is 1. The van der Waals surface area contributed by atoms with Gasteiger partial charge in [-0.25, -0.2) is 5.43 Å². The lowest BCUT2D eigenvalue weighted by molar-refractivity contribution is -0.384. The molecule has 0 unspecified atom stereocenters. The van der Waals surface area contributed by atoms with Crippen molar-refractivity contribution in [3.05, 3.63) is 69.8 Å². The van der Waals surface area contributed by atoms with E-state index in [9.17, 15) is 14.9 Å². The number of non-ortho nitro benzene ring substituents is 1. The minimum atomic E-state index is -0.464. The molecular formula is C17H18N4O3. The van der Waals surface area contributed by atoms with Crippen LogP contribution in [0.25, 0.3) is 0 Å². The number of benzene rings is 2. The van der Waals surface area contributed by atoms with Gasteiger partial charge in [-0.1, -0.05) is 17.7 Å². The van der Waals surface area contributed by atoms with Crippen LogP contribution in [0.5, 0.6) is 0 Å². The molecule has 2 aromatic rings. The van der Waals surface area contributed by atoms with Crippen LogP contribution in [0.1, 0.15) is 18.1 Å². The Morgan fingerprint density at radius 2 is 1.75 bits per heavy atom. The third-order valence-corrected chi connectivity index (χ3v) is 3.35. The molecule has 24 heavy (non-hydrogen) atoms. The fourth-order valence-corrected chi connectivity index (χ4v) is 1.93. The van der Waals surface area contributed by atoms with E-state index >= 15 is 0 Å². The van der Waals surface area contributed by atoms with E-state index in [1.54, 1.807) is 19.1 Å². The Morgan fingerprint density at radius 3 is 2.33 bits per heavy atom. The molecule has 7 heteroatoms. The van der Waals surface area contributed by atoms with Crippen LogP contribution >= 0.6 is 0 Å². The number of aryl methyl sites for hydroxylation is 1. The maximum atomic E-state index is 11.8. The first-order chi connectivity index (χ1) is 11.5. The summed E-state index contributed by atoms with van der Waals surface area (Å²) in [6.45, 7) is 3.81. The van der Waals surface area contributed by atoms with Crippen LogP contribution in [0.2, 0.25) is 0 Å². The van der Waals surface area contributed by atoms with Crippen LogP contribution in [0.3, 0.4) is 0 Å². The molecule has 0 atom stereocenters. The van der Waals surface area contributed by atoms with E-state index < -0.39 is 4.92 Å². The van der Waals surface area contributed by atoms with E-state index in [2.05, 4.69) is 15.8 Å². The van der Waals surface area contributed by atoms with E-state index in [1.165, 1.54) is 12.1 Å². The monoisotopic (exact) mass is 326 g/mol. The van der Waals surface area contributed by atoms with Gasteiger partial charge in [0.05, 0.1) is 17.2 Å². The number of nitrogens with one attached hydrogen (secondary N) is 2. The Kier molecular flexibility index (Phi) is 5.62. The first-order valence-electron chi connectivity index (χ1n) is 7.34. The summed E-state index contributed by atoms with van der Waals surface area (Å²) in [6, 6.07) is 13.7. The first kappa shape index (κ1) is 17.1. The fraction of sp³-hybridized carbons (Fsp3) is 0.176. The smallest absolute Gasteiger partial charge is 0.269 e. The molecule has 0 fully saturated rings. The fourth-order valence-electron chi connectivity index (χ4n) is 1.93. The Labute approximate surface area is 139 Å². The molecular weight excluding hydrogens is 308 g/mol. The van der Waals surface area contributed by atoms with Crippen LogP contribution in [0, 0.1) is 17.0 Å². The van der Waals surface area contributed by atoms with Gasteiger partial charge in [-0.3, -0.25) is 14.9 Å². The van der Waals surface area contributed by atoms with Gasteiger partial charge < -0.3 is 5.32 Å². The molecule has 2 aromatic carbocycles. The van der Waals surface area contributed by atoms with Crippen molar-refractivity contribution < 1.29 is 9.72 Å². The van der Waals surface area contributed by atoms with Crippen molar-refractivity contribution >= 4 is 23.0 Å². The highest BCUT2D eigenvalue weighted by molar-refractivity contribution is 5.99. The normalized spacial score (nSPS) is 11.0. The van der Waals surface area contributed by atoms with Crippen molar-refractivity contribution in [3.63, 3.8) is 0 Å². The summed E-state index contributed by atoms with van der Waals surface area (Å²) in [5, 5.41) is 17.6. The van der Waals surface area contributed by atoms with E-state index in [0.29, 0.717) is 11.3 Å². The van der Waals surface area contributed by atoms with Gasteiger partial charge >= 0.3 is 0 Å². The van der Waals surface area contributed by atoms with Crippen LogP contribution in [-0.2, 0) is 4.79 Å². The van der Waals surface area contributed by atoms with Gasteiger partial charge in [0.15, 0.2) is 0 Å². The Hall–Kier alpha value is -3.22. The van der Waals surface area contributed by atoms with Gasteiger partial charge in [0.25, 0.3) is 11.6 Å². The third kappa shape index (κ3) is 4.91. The van der Waals surface area contributed by atoms with Crippen molar-refractivity contribution in [2.45, 2.75) is 13.8 Å². The number of carbonyl (C=O) groups is 1. The van der Waals surface area contributed by atoms with Crippen LogP contribution in [0.15, 0.2) is 53.6 Å². The number of hydrogen-bond acceptors (Lipinski definition) is 5. The minimum absolute atomic E-state index is 0.0119. The maximum absolute atomic E-state index is 11.8. The second-order valence-corrected chi connectivity index (χ2v) is 5.26. The highest BCUT2D eigenvalue weighted by Crippen LogP contribution is 2.12. The zero-order chi connectivity index (χ0) is 17.5. The number of hydrogen-bond donors (Lipinski definition) is 2. The molecule has 0 aliphatic heterocycles. The average Bonchev–Trinajstić information content (AvgIpc) is 2.59. The molecule has 0 aliphatic rings. The molecule has 2 N–H and O–H groups in total. The lowest BCUT2D eigenvalue weighted by Gasteiger charge is -2.06. The summed E-state index contributed by atoms with van der Waals surface area (Å²) >= 11 is 0. The largest absolute Gasteiger partial charge is 0.376 e. The van der Waals surface area contributed by atoms with Crippen molar-refractivity contribution in [2.75, 3.05) is 11.9 Å². The van der Waals surface area contributed by atoms with Crippen LogP contribution in [-0.4, -0.2) is 23.1 Å². The van der Waals surface area contributed by atoms with Gasteiger partial charge in [-0.2, -0.15) is 5.10 Å². The van der Waals surface area contributed by atoms with E-state index in [0.717, 1.165) is 11.3 Å². The molecule has 0 saturated heterocycles. The van der Waals surface area contributed by atoms with E-state index in [4.69, 9.17) is 0 Å². The van der Waals surface area contributed by atoms with Crippen molar-refractivity contribution in [1.29, 1.82) is 0 Å². The molecule has 0 aliphatic carbocycles. The number of anilines is 1. The summed E-state index contributed by atoms with van der Waals surface area (Å²) in [5.41, 5.74) is 5.73. The van der Waals surface area contributed by atoms with Crippen molar-refractivity contribution in [3.8, 4) is 0 Å². The topological polar surface area (TPSA) is 96.6 Å². The zero-order valence-corrected chi connectivity index (χ0v) is 13.4. The lowest BCUT2D eigenvalue weighted by Crippen LogP contribution is -2.26. The molecule has 124 valence electrons. The number of nitrogens with zero attached hydrogens (tertiary/aromatic N) is 2. The molecule has 0 heterocycles. The molecule has 2 rings (SSSR count). The number of nitro groups is 1. The average molecular weight is 326 g/mol. The number of hydrazone groups is 1. The SMILES string of the molecule is CC(=NNC(=O)CNc1ccc(C)cc1)c1ccc([N+](=O)[O-])cc1. The molecule has 1 amide bonds. The number of nitro benzene ring substituents is 1. The summed E-state index contributed by atoms with van der Waals surface area (Å²) in [4.78, 5) is 21.9. The van der Waals surface area contributed by atoms with E-state index in [1.807, 2.05) is 31.2 Å². The summed E-state index contributed by atoms with van der Waals surface area (Å²) in [5.74, 6) is -0.281. The van der Waals surface area contributed by atoms with Crippen molar-refractivity contribution in [1.82, 2.24) is 5.43 Å². The Morgan fingerprint density at radius 1 is 1.12 bits per heavy atom. The quantitative estimate of drug-likeness (QED) is 0.484. The zero-order valence-electron chi connectivity index (χ0n) is 13.4. The van der Waals surface area contributed by atoms with Gasteiger partial charge in [-0.05, 0) is 43.7 Å². The molecule has 0 saturated carbocycles. The Bertz CT molecular complexity index is 752. The van der Waals surface area contributed by atoms with Crippen LogP contribution < -0.4 is 10.7 Å². The van der Waals surface area contributed by atoms with Crippen molar-refractivity contribution in [2.24, 2.45) is 5.10 Å². The number of carbonyl (C=O) groups excluding carboxylic acids is 1. The molecule has 0 radical (unpaired) electrons. The standard InChI is InChI=1S/C17H18N4O3/c1-12-3-7-15(8-4-12)18-11-17(22)20-19-13(2)14-5-9-16(10-6-14)21(23)24/h3-10,18H,11H2,1-2H3,(H,20,22). The van der Waals surface area contributed by atoms with E-state index in [-0.39, 0.29) is 18.1 Å². The number of rotatable bonds is 6. The highest BCUT2D eigenvalue weighted by Gasteiger charge is 2.06. The van der Waals surface area contributed by atoms with Gasteiger partial charge in [0.2, 0.25) is 0 Å². The maximum Gasteiger partial charge on any atom is 0.269 e. The van der Waals surface area contributed by atoms with Gasteiger partial charge in [0, 0.05) is 17.8 Å². The first-order valence-corrected chi connectivity index (χ1v) is 7.34. The molecule has 0 spiro atoms. The second-order valence-electron chi connectivity index (χ2n) is 5.26. The van der Waals surface area contributed by atoms with Gasteiger partial charge in [0.1, 0.15) is 0 Å². The lowest BCUT2D eigenvalue weighted by atomic mass is 10.1. The predicted octanol–water partition coefficient (Wildman–Crippen LogP) is 2.86. The minimum Gasteiger partial charge on any atom is -0.376 e. The summed E-state index contributed by atoms with van der Waals surface area (Å²) < 4.78 is 0. The predicted molar refractivity (Wildman–Crippen MR) is 93.1 cm³/mol. The van der Waals surface area contributed by atoms with Crippen LogP contribution in [0.4, 0.5) is 11.4 Å². The third-order valence-electron chi connectivity index (χ3n) is 3.35. The highest BCUT2D eigenvalue weighted by atomic mass is 16.6. The second kappa shape index (κ2) is 7.87. The van der Waals surface area contributed by atoms with Gasteiger partial charge in [-0.15, -0.1) is 0 Å². The molecule has 0 aromatic heterocycles. The summed E-state index contributed by atoms with van der Waals surface area (Å²) in [6.07, 6.45) is 0. The Balaban J connectivity index is 1.87.